The molecular weight excluding hydrogens is 688 g/mol. The summed E-state index contributed by atoms with van der Waals surface area (Å²) < 4.78 is 36.1. The second-order valence-electron chi connectivity index (χ2n) is 18.2. The Labute approximate surface area is 313 Å². The predicted molar refractivity (Wildman–Crippen MR) is 189 cm³/mol. The van der Waals surface area contributed by atoms with E-state index in [-0.39, 0.29) is 46.6 Å². The number of fused-ring (bicyclic) bond motifs is 5. The van der Waals surface area contributed by atoms with Crippen LogP contribution in [0, 0.1) is 46.3 Å². The van der Waals surface area contributed by atoms with Crippen molar-refractivity contribution in [2.75, 3.05) is 13.7 Å². The van der Waals surface area contributed by atoms with Gasteiger partial charge in [0.1, 0.15) is 42.7 Å². The highest BCUT2D eigenvalue weighted by molar-refractivity contribution is 5.94. The first kappa shape index (κ1) is 40.1. The minimum atomic E-state index is -1.51. The fourth-order valence-electron chi connectivity index (χ4n) is 12.0. The molecule has 7 rings (SSSR count). The van der Waals surface area contributed by atoms with E-state index in [0.29, 0.717) is 30.6 Å². The van der Waals surface area contributed by atoms with E-state index in [2.05, 4.69) is 27.7 Å². The Kier molecular flexibility index (Phi) is 11.6. The number of hydrogen-bond donors (Lipinski definition) is 6. The second-order valence-corrected chi connectivity index (χ2v) is 18.2. The van der Waals surface area contributed by atoms with Crippen molar-refractivity contribution in [2.45, 2.75) is 172 Å². The molecule has 0 aromatic rings. The van der Waals surface area contributed by atoms with Crippen molar-refractivity contribution in [3.63, 3.8) is 0 Å². The Bertz CT molecular complexity index is 1340. The van der Waals surface area contributed by atoms with E-state index >= 15 is 0 Å². The number of rotatable bonds is 8. The van der Waals surface area contributed by atoms with Gasteiger partial charge in [0.15, 0.2) is 24.7 Å². The number of allylic oxidation sites excluding steroid dienone is 2. The Morgan fingerprint density at radius 3 is 2.19 bits per heavy atom. The number of aliphatic hydroxyl groups excluding tert-OH is 6. The molecule has 21 atom stereocenters. The summed E-state index contributed by atoms with van der Waals surface area (Å²) in [4.78, 5) is 14.1. The molecule has 3 saturated heterocycles. The summed E-state index contributed by atoms with van der Waals surface area (Å²) in [7, 11) is 1.46. The highest BCUT2D eigenvalue weighted by atomic mass is 16.8. The Morgan fingerprint density at radius 1 is 0.774 bits per heavy atom. The number of carbonyl (C=O) groups excluding carboxylic acids is 1. The van der Waals surface area contributed by atoms with Gasteiger partial charge in [0, 0.05) is 18.9 Å². The average molecular weight is 753 g/mol. The molecule has 13 nitrogen and oxygen atoms in total. The number of ketones is 1. The second kappa shape index (κ2) is 15.4. The highest BCUT2D eigenvalue weighted by Gasteiger charge is 2.61. The minimum Gasteiger partial charge on any atom is -0.394 e. The molecule has 13 heteroatoms. The standard InChI is InChI=1S/C40H64O13/c1-18-7-10-28(51-36(18)53-38-34(47)35(48-6)30(43)20(3)49-38)19(2)23-8-9-24-22-16-27(42)26-15-21(11-13-40(26,5)25(22)12-14-39(23,24)4)50-37-33(46)32(45)31(44)29(17-41)52-37/h16,18-21,23-26,28-38,41,43-47H,7-15,17H2,1-6H3/t18-,19+,20?,21+,23?,24?,25?,26?,28?,29?,30?,31?,32?,33?,34?,35?,36?,37?,38?,39-,40-/m1/s1. The van der Waals surface area contributed by atoms with Gasteiger partial charge in [0.05, 0.1) is 24.9 Å². The number of methoxy groups -OCH3 is 1. The molecule has 7 aliphatic rings. The van der Waals surface area contributed by atoms with E-state index in [1.165, 1.54) is 12.7 Å². The van der Waals surface area contributed by atoms with Gasteiger partial charge in [-0.1, -0.05) is 33.3 Å². The van der Waals surface area contributed by atoms with Crippen molar-refractivity contribution in [3.05, 3.63) is 11.6 Å². The van der Waals surface area contributed by atoms with Crippen molar-refractivity contribution in [1.82, 2.24) is 0 Å². The van der Waals surface area contributed by atoms with Crippen LogP contribution in [0.3, 0.4) is 0 Å². The van der Waals surface area contributed by atoms with Crippen LogP contribution >= 0.6 is 0 Å². The summed E-state index contributed by atoms with van der Waals surface area (Å²) >= 11 is 0. The molecule has 0 amide bonds. The normalized spacial score (nSPS) is 53.7. The van der Waals surface area contributed by atoms with Gasteiger partial charge in [0.2, 0.25) is 0 Å². The van der Waals surface area contributed by atoms with Gasteiger partial charge in [-0.3, -0.25) is 4.79 Å². The van der Waals surface area contributed by atoms with Crippen LogP contribution < -0.4 is 0 Å². The highest BCUT2D eigenvalue weighted by Crippen LogP contribution is 2.67. The molecule has 0 aromatic heterocycles. The van der Waals surface area contributed by atoms with E-state index in [1.807, 2.05) is 6.08 Å². The van der Waals surface area contributed by atoms with E-state index < -0.39 is 74.3 Å². The van der Waals surface area contributed by atoms with Crippen molar-refractivity contribution >= 4 is 5.78 Å². The lowest BCUT2D eigenvalue weighted by atomic mass is 9.47. The molecule has 3 heterocycles. The number of hydrogen-bond acceptors (Lipinski definition) is 13. The van der Waals surface area contributed by atoms with E-state index in [0.717, 1.165) is 44.9 Å². The quantitative estimate of drug-likeness (QED) is 0.212. The molecule has 302 valence electrons. The topological polar surface area (TPSA) is 194 Å². The first-order valence-corrected chi connectivity index (χ1v) is 20.2. The van der Waals surface area contributed by atoms with Crippen LogP contribution in [0.2, 0.25) is 0 Å². The lowest BCUT2D eigenvalue weighted by molar-refractivity contribution is -0.354. The number of aliphatic hydroxyl groups is 6. The molecule has 4 aliphatic carbocycles. The molecule has 3 aliphatic heterocycles. The van der Waals surface area contributed by atoms with Gasteiger partial charge in [-0.2, -0.15) is 0 Å². The third-order valence-electron chi connectivity index (χ3n) is 15.3. The van der Waals surface area contributed by atoms with Crippen LogP contribution in [0.4, 0.5) is 0 Å². The lowest BCUT2D eigenvalue weighted by Crippen LogP contribution is -2.60. The number of carbonyl (C=O) groups is 1. The van der Waals surface area contributed by atoms with Crippen LogP contribution in [-0.4, -0.2) is 130 Å². The van der Waals surface area contributed by atoms with Gasteiger partial charge in [-0.25, -0.2) is 0 Å². The van der Waals surface area contributed by atoms with Gasteiger partial charge in [-0.15, -0.1) is 0 Å². The van der Waals surface area contributed by atoms with Crippen molar-refractivity contribution in [3.8, 4) is 0 Å². The van der Waals surface area contributed by atoms with Crippen molar-refractivity contribution in [1.29, 1.82) is 0 Å². The Hall–Kier alpha value is -1.07. The monoisotopic (exact) mass is 752 g/mol. The van der Waals surface area contributed by atoms with E-state index in [9.17, 15) is 35.4 Å². The first-order chi connectivity index (χ1) is 25.1. The molecule has 6 N–H and O–H groups in total. The zero-order chi connectivity index (χ0) is 38.1. The fraction of sp³-hybridized carbons (Fsp3) is 0.925. The molecule has 3 saturated carbocycles. The molecule has 0 radical (unpaired) electrons. The molecule has 0 bridgehead atoms. The van der Waals surface area contributed by atoms with Crippen molar-refractivity contribution in [2.24, 2.45) is 46.3 Å². The van der Waals surface area contributed by atoms with Crippen LogP contribution in [0.5, 0.6) is 0 Å². The lowest BCUT2D eigenvalue weighted by Gasteiger charge is -2.57. The van der Waals surface area contributed by atoms with Gasteiger partial charge in [-0.05, 0) is 105 Å². The maximum Gasteiger partial charge on any atom is 0.189 e. The SMILES string of the molecule is COC1C(O)C(C)OC(OC2OC([C@@H](C)C3CCC4C5=CC(=O)C6C[C@@H](OC7OC(CO)C(O)C(O)C7O)CC[C@]6(C)C5CC[C@@]43C)CC[C@H]2C)C1O. The fourth-order valence-corrected chi connectivity index (χ4v) is 12.0. The first-order valence-electron chi connectivity index (χ1n) is 20.2. The maximum atomic E-state index is 14.1. The summed E-state index contributed by atoms with van der Waals surface area (Å²) in [5.74, 6) is 1.28. The molecule has 0 aromatic carbocycles. The molecule has 53 heavy (non-hydrogen) atoms. The molecule has 0 spiro atoms. The van der Waals surface area contributed by atoms with Gasteiger partial charge in [0.25, 0.3) is 0 Å². The van der Waals surface area contributed by atoms with E-state index in [4.69, 9.17) is 28.4 Å². The third-order valence-corrected chi connectivity index (χ3v) is 15.3. The number of ether oxygens (including phenoxy) is 6. The smallest absolute Gasteiger partial charge is 0.189 e. The molecule has 16 unspecified atom stereocenters. The van der Waals surface area contributed by atoms with Gasteiger partial charge >= 0.3 is 0 Å². The largest absolute Gasteiger partial charge is 0.394 e. The maximum absolute atomic E-state index is 14.1. The Morgan fingerprint density at radius 2 is 1.47 bits per heavy atom. The molecule has 6 fully saturated rings. The zero-order valence-electron chi connectivity index (χ0n) is 32.2. The van der Waals surface area contributed by atoms with Gasteiger partial charge < -0.3 is 59.1 Å². The Balaban J connectivity index is 1.01. The van der Waals surface area contributed by atoms with Crippen LogP contribution in [-0.2, 0) is 33.2 Å². The summed E-state index contributed by atoms with van der Waals surface area (Å²) in [6, 6.07) is 0. The van der Waals surface area contributed by atoms with Crippen LogP contribution in [0.1, 0.15) is 92.4 Å². The van der Waals surface area contributed by atoms with Crippen molar-refractivity contribution < 1.29 is 63.9 Å². The van der Waals surface area contributed by atoms with E-state index in [1.54, 1.807) is 6.92 Å². The minimum absolute atomic E-state index is 0.0252. The third kappa shape index (κ3) is 6.90. The summed E-state index contributed by atoms with van der Waals surface area (Å²) in [6.07, 6.45) is -2.17. The molecular formula is C40H64O13. The predicted octanol–water partition coefficient (Wildman–Crippen LogP) is 2.21. The summed E-state index contributed by atoms with van der Waals surface area (Å²) in [5, 5.41) is 62.0. The average Bonchev–Trinajstić information content (AvgIpc) is 3.49. The summed E-state index contributed by atoms with van der Waals surface area (Å²) in [6.45, 7) is 10.3. The van der Waals surface area contributed by atoms with Crippen LogP contribution in [0.25, 0.3) is 0 Å². The zero-order valence-corrected chi connectivity index (χ0v) is 32.2. The van der Waals surface area contributed by atoms with Crippen LogP contribution in [0.15, 0.2) is 11.6 Å². The summed E-state index contributed by atoms with van der Waals surface area (Å²) in [5.41, 5.74) is 1.13.